The fraction of sp³-hybridized carbons (Fsp3) is 0.583. The molecule has 0 saturated heterocycles. The first-order valence-corrected chi connectivity index (χ1v) is 7.49. The third kappa shape index (κ3) is 8.54. The summed E-state index contributed by atoms with van der Waals surface area (Å²) in [5.74, 6) is 2.22. The summed E-state index contributed by atoms with van der Waals surface area (Å²) in [6.45, 7) is 1.85. The van der Waals surface area contributed by atoms with E-state index in [0.29, 0.717) is 18.9 Å². The molecule has 112 valence electrons. The lowest BCUT2D eigenvalue weighted by Gasteiger charge is -2.06. The molecule has 0 saturated carbocycles. The van der Waals surface area contributed by atoms with Gasteiger partial charge in [0.25, 0.3) is 0 Å². The van der Waals surface area contributed by atoms with Crippen molar-refractivity contribution in [2.75, 3.05) is 25.0 Å². The van der Waals surface area contributed by atoms with Gasteiger partial charge in [-0.15, -0.1) is 11.8 Å². The van der Waals surface area contributed by atoms with Crippen LogP contribution in [0.5, 0.6) is 0 Å². The molecule has 20 heavy (non-hydrogen) atoms. The molecule has 8 heteroatoms. The first-order chi connectivity index (χ1) is 9.68. The largest absolute Gasteiger partial charge is 0.361 e. The van der Waals surface area contributed by atoms with E-state index < -0.39 is 0 Å². The van der Waals surface area contributed by atoms with Crippen LogP contribution < -0.4 is 10.6 Å². The van der Waals surface area contributed by atoms with E-state index in [1.807, 2.05) is 0 Å². The van der Waals surface area contributed by atoms with Gasteiger partial charge in [-0.3, -0.25) is 9.59 Å². The second-order valence-electron chi connectivity index (χ2n) is 3.97. The fourth-order valence-electron chi connectivity index (χ4n) is 1.29. The standard InChI is InChI=1S/C12H20N4O3S/c1-10(17)15-8-19-6-2-12(18)16-9-20-7-3-11-13-4-5-14-11/h4-5H,2-3,6-9H2,1H3,(H,13,14)(H,15,17)(H,16,18). The van der Waals surface area contributed by atoms with Gasteiger partial charge in [0.1, 0.15) is 12.6 Å². The second-order valence-corrected chi connectivity index (χ2v) is 5.08. The van der Waals surface area contributed by atoms with Gasteiger partial charge in [0.2, 0.25) is 11.8 Å². The number of amides is 2. The molecule has 0 aliphatic heterocycles. The first kappa shape index (κ1) is 16.5. The van der Waals surface area contributed by atoms with Crippen molar-refractivity contribution in [3.05, 3.63) is 18.2 Å². The van der Waals surface area contributed by atoms with Crippen LogP contribution >= 0.6 is 11.8 Å². The van der Waals surface area contributed by atoms with E-state index in [4.69, 9.17) is 4.74 Å². The number of aromatic nitrogens is 2. The van der Waals surface area contributed by atoms with Gasteiger partial charge in [0, 0.05) is 31.5 Å². The summed E-state index contributed by atoms with van der Waals surface area (Å²) in [6, 6.07) is 0. The molecule has 0 spiro atoms. The van der Waals surface area contributed by atoms with E-state index >= 15 is 0 Å². The van der Waals surface area contributed by atoms with Crippen LogP contribution in [0.4, 0.5) is 0 Å². The molecule has 0 atom stereocenters. The van der Waals surface area contributed by atoms with Crippen LogP contribution in [0.3, 0.4) is 0 Å². The van der Waals surface area contributed by atoms with Gasteiger partial charge in [0.05, 0.1) is 18.9 Å². The normalized spacial score (nSPS) is 10.2. The highest BCUT2D eigenvalue weighted by Gasteiger charge is 2.01. The van der Waals surface area contributed by atoms with Gasteiger partial charge in [-0.1, -0.05) is 0 Å². The number of ether oxygens (including phenoxy) is 1. The van der Waals surface area contributed by atoms with Gasteiger partial charge in [-0.2, -0.15) is 0 Å². The van der Waals surface area contributed by atoms with E-state index in [2.05, 4.69) is 20.6 Å². The second kappa shape index (κ2) is 10.3. The average molecular weight is 300 g/mol. The summed E-state index contributed by atoms with van der Waals surface area (Å²) < 4.78 is 5.08. The van der Waals surface area contributed by atoms with Crippen LogP contribution in [-0.4, -0.2) is 46.7 Å². The van der Waals surface area contributed by atoms with Gasteiger partial charge < -0.3 is 20.4 Å². The average Bonchev–Trinajstić information content (AvgIpc) is 2.90. The molecule has 0 bridgehead atoms. The lowest BCUT2D eigenvalue weighted by Crippen LogP contribution is -2.27. The third-order valence-electron chi connectivity index (χ3n) is 2.31. The number of carbonyl (C=O) groups excluding carboxylic acids is 2. The minimum absolute atomic E-state index is 0.0571. The van der Waals surface area contributed by atoms with Crippen LogP contribution in [-0.2, 0) is 20.7 Å². The predicted molar refractivity (Wildman–Crippen MR) is 77.0 cm³/mol. The number of hydrogen-bond donors (Lipinski definition) is 3. The van der Waals surface area contributed by atoms with E-state index in [9.17, 15) is 9.59 Å². The number of aryl methyl sites for hydroxylation is 1. The zero-order valence-corrected chi connectivity index (χ0v) is 12.3. The molecule has 1 rings (SSSR count). The minimum atomic E-state index is -0.151. The Morgan fingerprint density at radius 3 is 3.00 bits per heavy atom. The highest BCUT2D eigenvalue weighted by Crippen LogP contribution is 2.01. The zero-order chi connectivity index (χ0) is 14.6. The molecule has 0 aromatic carbocycles. The first-order valence-electron chi connectivity index (χ1n) is 6.33. The van der Waals surface area contributed by atoms with Crippen molar-refractivity contribution in [3.8, 4) is 0 Å². The third-order valence-corrected chi connectivity index (χ3v) is 3.15. The number of nitrogens with zero attached hydrogens (tertiary/aromatic N) is 1. The fourth-order valence-corrected chi connectivity index (χ4v) is 2.03. The number of nitrogens with one attached hydrogen (secondary N) is 3. The molecule has 1 heterocycles. The number of H-pyrrole nitrogens is 1. The molecule has 1 aromatic rings. The summed E-state index contributed by atoms with van der Waals surface area (Å²) >= 11 is 1.64. The maximum atomic E-state index is 11.4. The van der Waals surface area contributed by atoms with Crippen molar-refractivity contribution in [3.63, 3.8) is 0 Å². The van der Waals surface area contributed by atoms with E-state index in [1.165, 1.54) is 6.92 Å². The van der Waals surface area contributed by atoms with Crippen molar-refractivity contribution in [2.24, 2.45) is 0 Å². The van der Waals surface area contributed by atoms with Crippen molar-refractivity contribution in [2.45, 2.75) is 19.8 Å². The predicted octanol–water partition coefficient (Wildman–Crippen LogP) is 0.259. The van der Waals surface area contributed by atoms with Crippen LogP contribution in [0, 0.1) is 0 Å². The molecule has 0 aliphatic carbocycles. The Morgan fingerprint density at radius 2 is 2.30 bits per heavy atom. The highest BCUT2D eigenvalue weighted by molar-refractivity contribution is 7.99. The number of imidazole rings is 1. The topological polar surface area (TPSA) is 96.1 Å². The van der Waals surface area contributed by atoms with Crippen LogP contribution in [0.15, 0.2) is 12.4 Å². The van der Waals surface area contributed by atoms with E-state index in [-0.39, 0.29) is 18.5 Å². The Hall–Kier alpha value is -1.54. The molecule has 0 aliphatic rings. The number of hydrogen-bond acceptors (Lipinski definition) is 5. The molecule has 0 unspecified atom stereocenters. The maximum absolute atomic E-state index is 11.4. The Balaban J connectivity index is 1.88. The maximum Gasteiger partial charge on any atom is 0.222 e. The van der Waals surface area contributed by atoms with Gasteiger partial charge in [0.15, 0.2) is 0 Å². The number of thioether (sulfide) groups is 1. The molecule has 3 N–H and O–H groups in total. The monoisotopic (exact) mass is 300 g/mol. The summed E-state index contributed by atoms with van der Waals surface area (Å²) in [5, 5.41) is 5.28. The Bertz CT molecular complexity index is 397. The SMILES string of the molecule is CC(=O)NCOCCC(=O)NCSCCc1ncc[nH]1. The Morgan fingerprint density at radius 1 is 1.45 bits per heavy atom. The van der Waals surface area contributed by atoms with Crippen LogP contribution in [0.1, 0.15) is 19.2 Å². The minimum Gasteiger partial charge on any atom is -0.361 e. The number of carbonyl (C=O) groups is 2. The molecule has 2 amide bonds. The Labute approximate surface area is 122 Å². The van der Waals surface area contributed by atoms with Crippen LogP contribution in [0.25, 0.3) is 0 Å². The van der Waals surface area contributed by atoms with Gasteiger partial charge in [-0.05, 0) is 0 Å². The molecule has 1 aromatic heterocycles. The Kier molecular flexibility index (Phi) is 8.48. The summed E-state index contributed by atoms with van der Waals surface area (Å²) in [5.41, 5.74) is 0. The quantitative estimate of drug-likeness (QED) is 0.425. The van der Waals surface area contributed by atoms with Gasteiger partial charge in [-0.25, -0.2) is 4.98 Å². The smallest absolute Gasteiger partial charge is 0.222 e. The molecular weight excluding hydrogens is 280 g/mol. The summed E-state index contributed by atoms with van der Waals surface area (Å²) in [7, 11) is 0. The summed E-state index contributed by atoms with van der Waals surface area (Å²) in [6.07, 6.45) is 4.66. The van der Waals surface area contributed by atoms with Crippen LogP contribution in [0.2, 0.25) is 0 Å². The van der Waals surface area contributed by atoms with Crippen molar-refractivity contribution < 1.29 is 14.3 Å². The molecule has 0 radical (unpaired) electrons. The van der Waals surface area contributed by atoms with E-state index in [0.717, 1.165) is 18.0 Å². The lowest BCUT2D eigenvalue weighted by atomic mass is 10.4. The van der Waals surface area contributed by atoms with Gasteiger partial charge >= 0.3 is 0 Å². The number of rotatable bonds is 10. The molecule has 7 nitrogen and oxygen atoms in total. The number of aromatic amines is 1. The van der Waals surface area contributed by atoms with Crippen molar-refractivity contribution in [1.82, 2.24) is 20.6 Å². The molecular formula is C12H20N4O3S. The van der Waals surface area contributed by atoms with E-state index in [1.54, 1.807) is 24.2 Å². The van der Waals surface area contributed by atoms with Crippen molar-refractivity contribution >= 4 is 23.6 Å². The molecule has 0 fully saturated rings. The van der Waals surface area contributed by atoms with Crippen molar-refractivity contribution in [1.29, 1.82) is 0 Å². The lowest BCUT2D eigenvalue weighted by molar-refractivity contribution is -0.122. The zero-order valence-electron chi connectivity index (χ0n) is 11.5. The summed E-state index contributed by atoms with van der Waals surface area (Å²) in [4.78, 5) is 29.1. The highest BCUT2D eigenvalue weighted by atomic mass is 32.2.